The molecule has 0 fully saturated rings. The van der Waals surface area contributed by atoms with Gasteiger partial charge in [0.05, 0.1) is 24.0 Å². The summed E-state index contributed by atoms with van der Waals surface area (Å²) in [6.07, 6.45) is 5.92. The van der Waals surface area contributed by atoms with Gasteiger partial charge in [0, 0.05) is 37.2 Å². The van der Waals surface area contributed by atoms with Crippen molar-refractivity contribution in [2.45, 2.75) is 18.8 Å². The molecule has 1 amide bonds. The zero-order chi connectivity index (χ0) is 25.3. The summed E-state index contributed by atoms with van der Waals surface area (Å²) < 4.78 is 7.50. The molecule has 12 heteroatoms. The first-order valence-corrected chi connectivity index (χ1v) is 10.8. The van der Waals surface area contributed by atoms with E-state index in [9.17, 15) is 20.0 Å². The molecule has 2 N–H and O–H groups in total. The molecule has 4 aromatic rings. The molecule has 3 heterocycles. The zero-order valence-corrected chi connectivity index (χ0v) is 19.7. The molecule has 0 spiro atoms. The second-order valence-electron chi connectivity index (χ2n) is 7.96. The standard InChI is InChI=1S/C23H20ClN7O4/c1-12(18(14-8-26-30(2)10-14)17-5-4-15(24)6-13(17)7-25)21-29-19(20(32)23(34)31(21)3)22(33)28-16-9-27-35-11-16/h4-6,8-12,18,32H,1-3H3,(H,28,33)/t12-,18-/m0/s1. The second kappa shape index (κ2) is 9.44. The molecule has 0 radical (unpaired) electrons. The van der Waals surface area contributed by atoms with E-state index in [1.54, 1.807) is 42.3 Å². The van der Waals surface area contributed by atoms with Crippen molar-refractivity contribution < 1.29 is 14.4 Å². The van der Waals surface area contributed by atoms with Crippen LogP contribution >= 0.6 is 11.6 Å². The van der Waals surface area contributed by atoms with Crippen molar-refractivity contribution in [3.8, 4) is 11.8 Å². The number of aryl methyl sites for hydroxylation is 1. The van der Waals surface area contributed by atoms with E-state index in [4.69, 9.17) is 16.1 Å². The summed E-state index contributed by atoms with van der Waals surface area (Å²) in [5, 5.41) is 30.8. The number of hydrogen-bond acceptors (Lipinski definition) is 8. The van der Waals surface area contributed by atoms with Crippen LogP contribution in [-0.2, 0) is 14.1 Å². The number of amides is 1. The lowest BCUT2D eigenvalue weighted by molar-refractivity contribution is 0.101. The summed E-state index contributed by atoms with van der Waals surface area (Å²) in [5.74, 6) is -2.39. The topological polar surface area (TPSA) is 152 Å². The Morgan fingerprint density at radius 1 is 1.31 bits per heavy atom. The van der Waals surface area contributed by atoms with Gasteiger partial charge in [0.25, 0.3) is 11.5 Å². The molecule has 0 aliphatic heterocycles. The number of hydrogen-bond donors (Lipinski definition) is 2. The summed E-state index contributed by atoms with van der Waals surface area (Å²) >= 11 is 6.12. The lowest BCUT2D eigenvalue weighted by atomic mass is 9.80. The number of nitrogens with one attached hydrogen (secondary N) is 1. The SMILES string of the molecule is C[C@H](c1nc(C(=O)Nc2cnoc2)c(O)c(=O)n1C)[C@@H](c1cnn(C)c1)c1ccc(Cl)cc1C#N. The number of anilines is 1. The molecule has 4 rings (SSSR count). The number of carbonyl (C=O) groups excluding carboxylic acids is 1. The second-order valence-corrected chi connectivity index (χ2v) is 8.39. The smallest absolute Gasteiger partial charge is 0.296 e. The van der Waals surface area contributed by atoms with Crippen molar-refractivity contribution in [1.82, 2.24) is 24.5 Å². The molecule has 3 aromatic heterocycles. The Morgan fingerprint density at radius 3 is 2.71 bits per heavy atom. The zero-order valence-electron chi connectivity index (χ0n) is 18.9. The maximum absolute atomic E-state index is 12.9. The molecule has 0 aliphatic rings. The van der Waals surface area contributed by atoms with Gasteiger partial charge in [-0.05, 0) is 23.3 Å². The van der Waals surface area contributed by atoms with Gasteiger partial charge >= 0.3 is 0 Å². The molecule has 35 heavy (non-hydrogen) atoms. The van der Waals surface area contributed by atoms with Crippen LogP contribution in [0.1, 0.15) is 51.8 Å². The molecule has 2 atom stereocenters. The highest BCUT2D eigenvalue weighted by Crippen LogP contribution is 2.39. The lowest BCUT2D eigenvalue weighted by Crippen LogP contribution is -2.29. The first-order chi connectivity index (χ1) is 16.7. The van der Waals surface area contributed by atoms with Crippen LogP contribution in [0.25, 0.3) is 0 Å². The van der Waals surface area contributed by atoms with E-state index in [0.29, 0.717) is 16.1 Å². The maximum Gasteiger partial charge on any atom is 0.296 e. The highest BCUT2D eigenvalue weighted by Gasteiger charge is 2.31. The summed E-state index contributed by atoms with van der Waals surface area (Å²) in [6, 6.07) is 7.15. The Labute approximate surface area is 204 Å². The quantitative estimate of drug-likeness (QED) is 0.416. The fourth-order valence-corrected chi connectivity index (χ4v) is 4.19. The summed E-state index contributed by atoms with van der Waals surface area (Å²) in [7, 11) is 3.22. The summed E-state index contributed by atoms with van der Waals surface area (Å²) in [4.78, 5) is 30.0. The van der Waals surface area contributed by atoms with Crippen molar-refractivity contribution in [2.24, 2.45) is 14.1 Å². The van der Waals surface area contributed by atoms with Crippen LogP contribution in [0.3, 0.4) is 0 Å². The Kier molecular flexibility index (Phi) is 6.40. The third kappa shape index (κ3) is 4.51. The van der Waals surface area contributed by atoms with Crippen molar-refractivity contribution in [2.75, 3.05) is 5.32 Å². The normalized spacial score (nSPS) is 12.7. The minimum absolute atomic E-state index is 0.218. The fraction of sp³-hybridized carbons (Fsp3) is 0.217. The van der Waals surface area contributed by atoms with Crippen molar-refractivity contribution in [1.29, 1.82) is 5.26 Å². The fourth-order valence-electron chi connectivity index (χ4n) is 4.01. The minimum Gasteiger partial charge on any atom is -0.501 e. The van der Waals surface area contributed by atoms with Gasteiger partial charge in [0.2, 0.25) is 5.75 Å². The maximum atomic E-state index is 12.9. The van der Waals surface area contributed by atoms with Gasteiger partial charge in [0.1, 0.15) is 17.8 Å². The van der Waals surface area contributed by atoms with E-state index in [0.717, 1.165) is 5.56 Å². The van der Waals surface area contributed by atoms with Crippen molar-refractivity contribution in [3.63, 3.8) is 0 Å². The number of rotatable bonds is 6. The van der Waals surface area contributed by atoms with Crippen LogP contribution in [-0.4, -0.2) is 35.5 Å². The van der Waals surface area contributed by atoms with E-state index in [1.807, 2.05) is 6.92 Å². The summed E-state index contributed by atoms with van der Waals surface area (Å²) in [5.41, 5.74) is 0.760. The molecule has 178 valence electrons. The van der Waals surface area contributed by atoms with Crippen LogP contribution in [0, 0.1) is 11.3 Å². The molecule has 0 saturated carbocycles. The van der Waals surface area contributed by atoms with Crippen LogP contribution in [0.15, 0.2) is 52.4 Å². The number of halogens is 1. The van der Waals surface area contributed by atoms with Crippen LogP contribution in [0.2, 0.25) is 5.02 Å². The number of benzene rings is 1. The van der Waals surface area contributed by atoms with Crippen molar-refractivity contribution >= 4 is 23.2 Å². The van der Waals surface area contributed by atoms with Gasteiger partial charge in [-0.15, -0.1) is 0 Å². The lowest BCUT2D eigenvalue weighted by Gasteiger charge is -2.26. The number of carbonyl (C=O) groups is 1. The van der Waals surface area contributed by atoms with Gasteiger partial charge in [-0.25, -0.2) is 4.98 Å². The predicted molar refractivity (Wildman–Crippen MR) is 125 cm³/mol. The molecule has 0 bridgehead atoms. The minimum atomic E-state index is -0.806. The Bertz CT molecular complexity index is 1500. The monoisotopic (exact) mass is 493 g/mol. The molecule has 0 aliphatic carbocycles. The number of nitrogens with zero attached hydrogens (tertiary/aromatic N) is 6. The molecule has 1 aromatic carbocycles. The predicted octanol–water partition coefficient (Wildman–Crippen LogP) is 2.92. The molecule has 11 nitrogen and oxygen atoms in total. The highest BCUT2D eigenvalue weighted by atomic mass is 35.5. The first kappa shape index (κ1) is 23.7. The average Bonchev–Trinajstić information content (AvgIpc) is 3.50. The van der Waals surface area contributed by atoms with E-state index in [2.05, 4.69) is 26.6 Å². The Morgan fingerprint density at radius 2 is 2.09 bits per heavy atom. The van der Waals surface area contributed by atoms with Gasteiger partial charge in [0.15, 0.2) is 5.69 Å². The molecule has 0 unspecified atom stereocenters. The first-order valence-electron chi connectivity index (χ1n) is 10.4. The third-order valence-electron chi connectivity index (χ3n) is 5.67. The summed E-state index contributed by atoms with van der Waals surface area (Å²) in [6.45, 7) is 1.81. The molecular weight excluding hydrogens is 474 g/mol. The molecular formula is C23H20ClN7O4. The number of aromatic nitrogens is 5. The van der Waals surface area contributed by atoms with E-state index in [-0.39, 0.29) is 11.5 Å². The van der Waals surface area contributed by atoms with Gasteiger partial charge in [-0.3, -0.25) is 18.8 Å². The Balaban J connectivity index is 1.86. The third-order valence-corrected chi connectivity index (χ3v) is 5.90. The largest absolute Gasteiger partial charge is 0.501 e. The van der Waals surface area contributed by atoms with Gasteiger partial charge in [-0.1, -0.05) is 29.7 Å². The molecule has 0 saturated heterocycles. The van der Waals surface area contributed by atoms with Crippen LogP contribution in [0.4, 0.5) is 5.69 Å². The number of nitriles is 1. The van der Waals surface area contributed by atoms with E-state index < -0.39 is 34.7 Å². The van der Waals surface area contributed by atoms with Gasteiger partial charge in [-0.2, -0.15) is 10.4 Å². The highest BCUT2D eigenvalue weighted by molar-refractivity contribution is 6.30. The van der Waals surface area contributed by atoms with E-state index in [1.165, 1.54) is 24.1 Å². The average molecular weight is 494 g/mol. The van der Waals surface area contributed by atoms with Crippen LogP contribution < -0.4 is 10.9 Å². The van der Waals surface area contributed by atoms with Crippen molar-refractivity contribution in [3.05, 3.63) is 86.6 Å². The van der Waals surface area contributed by atoms with E-state index >= 15 is 0 Å². The van der Waals surface area contributed by atoms with Gasteiger partial charge < -0.3 is 14.9 Å². The number of aromatic hydroxyl groups is 1. The Hall–Kier alpha value is -4.43. The van der Waals surface area contributed by atoms with Crippen LogP contribution in [0.5, 0.6) is 5.75 Å².